The van der Waals surface area contributed by atoms with E-state index in [0.717, 1.165) is 12.8 Å². The fourth-order valence-corrected chi connectivity index (χ4v) is 4.05. The number of hydrogen-bond donors (Lipinski definition) is 0. The van der Waals surface area contributed by atoms with Gasteiger partial charge in [-0.05, 0) is 26.2 Å². The number of hydrogen-bond acceptors (Lipinski definition) is 3. The van der Waals surface area contributed by atoms with Crippen LogP contribution in [0.1, 0.15) is 26.2 Å². The Morgan fingerprint density at radius 3 is 2.39 bits per heavy atom. The number of allylic oxidation sites excluding steroid dienone is 3. The Morgan fingerprint density at radius 2 is 1.89 bits per heavy atom. The molecule has 1 saturated heterocycles. The maximum Gasteiger partial charge on any atom is 0.247 e. The molecule has 0 radical (unpaired) electrons. The Kier molecular flexibility index (Phi) is 3.90. The van der Waals surface area contributed by atoms with Gasteiger partial charge in [0.05, 0.1) is 11.5 Å². The summed E-state index contributed by atoms with van der Waals surface area (Å²) in [5.74, 6) is 0.289. The third kappa shape index (κ3) is 3.22. The van der Waals surface area contributed by atoms with E-state index in [1.165, 1.54) is 6.08 Å². The summed E-state index contributed by atoms with van der Waals surface area (Å²) in [6.07, 6.45) is 9.48. The third-order valence-electron chi connectivity index (χ3n) is 3.34. The van der Waals surface area contributed by atoms with Crippen molar-refractivity contribution in [3.05, 3.63) is 24.3 Å². The Labute approximate surface area is 108 Å². The lowest BCUT2D eigenvalue weighted by molar-refractivity contribution is -0.128. The van der Waals surface area contributed by atoms with Crippen LogP contribution in [0, 0.1) is 0 Å². The molecule has 18 heavy (non-hydrogen) atoms. The van der Waals surface area contributed by atoms with Crippen LogP contribution in [-0.2, 0) is 14.6 Å². The Morgan fingerprint density at radius 1 is 1.17 bits per heavy atom. The standard InChI is InChI=1S/C13H19NO3S/c1-2-3-4-5-13(15)14(11-6-7-11)12-8-9-18(16,17)10-12/h2-5,11-12H,6-10H2,1H3/b3-2+,5-4-/t12-/m1/s1. The van der Waals surface area contributed by atoms with Crippen LogP contribution in [-0.4, -0.2) is 42.8 Å². The molecule has 1 aliphatic carbocycles. The van der Waals surface area contributed by atoms with Crippen molar-refractivity contribution in [1.29, 1.82) is 0 Å². The van der Waals surface area contributed by atoms with Crippen LogP contribution in [0.15, 0.2) is 24.3 Å². The van der Waals surface area contributed by atoms with Crippen LogP contribution >= 0.6 is 0 Å². The topological polar surface area (TPSA) is 54.5 Å². The first kappa shape index (κ1) is 13.3. The average molecular weight is 269 g/mol. The molecule has 0 unspecified atom stereocenters. The van der Waals surface area contributed by atoms with Gasteiger partial charge in [-0.25, -0.2) is 8.42 Å². The van der Waals surface area contributed by atoms with Crippen molar-refractivity contribution in [3.8, 4) is 0 Å². The van der Waals surface area contributed by atoms with E-state index in [4.69, 9.17) is 0 Å². The number of nitrogens with zero attached hydrogens (tertiary/aromatic N) is 1. The Hall–Kier alpha value is -1.10. The van der Waals surface area contributed by atoms with Crippen LogP contribution in [0.25, 0.3) is 0 Å². The van der Waals surface area contributed by atoms with Crippen molar-refractivity contribution in [2.75, 3.05) is 11.5 Å². The molecule has 1 amide bonds. The minimum absolute atomic E-state index is 0.0577. The number of amides is 1. The van der Waals surface area contributed by atoms with Crippen LogP contribution in [0.4, 0.5) is 0 Å². The molecular formula is C13H19NO3S. The van der Waals surface area contributed by atoms with Crippen molar-refractivity contribution in [2.24, 2.45) is 0 Å². The fraction of sp³-hybridized carbons (Fsp3) is 0.615. The van der Waals surface area contributed by atoms with Gasteiger partial charge in [-0.3, -0.25) is 4.79 Å². The molecule has 5 heteroatoms. The van der Waals surface area contributed by atoms with Gasteiger partial charge in [-0.1, -0.05) is 18.2 Å². The second kappa shape index (κ2) is 5.26. The van der Waals surface area contributed by atoms with Crippen LogP contribution < -0.4 is 0 Å². The first-order valence-corrected chi connectivity index (χ1v) is 8.18. The van der Waals surface area contributed by atoms with Gasteiger partial charge in [0.15, 0.2) is 9.84 Å². The number of sulfone groups is 1. The normalized spacial score (nSPS) is 27.1. The number of carbonyl (C=O) groups is 1. The molecule has 0 N–H and O–H groups in total. The highest BCUT2D eigenvalue weighted by Crippen LogP contribution is 2.32. The van der Waals surface area contributed by atoms with E-state index in [0.29, 0.717) is 6.42 Å². The predicted molar refractivity (Wildman–Crippen MR) is 70.9 cm³/mol. The van der Waals surface area contributed by atoms with Gasteiger partial charge in [0, 0.05) is 18.2 Å². The molecule has 1 heterocycles. The largest absolute Gasteiger partial charge is 0.332 e. The molecule has 100 valence electrons. The summed E-state index contributed by atoms with van der Waals surface area (Å²) >= 11 is 0. The van der Waals surface area contributed by atoms with E-state index in [-0.39, 0.29) is 29.5 Å². The SMILES string of the molecule is C/C=C/C=C\C(=O)N(C1CC1)[C@@H]1CCS(=O)(=O)C1. The Bertz CT molecular complexity index is 474. The zero-order valence-electron chi connectivity index (χ0n) is 10.6. The average Bonchev–Trinajstić information content (AvgIpc) is 3.05. The summed E-state index contributed by atoms with van der Waals surface area (Å²) in [6, 6.07) is 0.135. The zero-order chi connectivity index (χ0) is 13.2. The van der Waals surface area contributed by atoms with Crippen molar-refractivity contribution < 1.29 is 13.2 Å². The molecule has 1 saturated carbocycles. The van der Waals surface area contributed by atoms with E-state index < -0.39 is 9.84 Å². The van der Waals surface area contributed by atoms with Gasteiger partial charge in [-0.2, -0.15) is 0 Å². The van der Waals surface area contributed by atoms with Crippen LogP contribution in [0.3, 0.4) is 0 Å². The van der Waals surface area contributed by atoms with Crippen molar-refractivity contribution in [2.45, 2.75) is 38.3 Å². The molecule has 0 bridgehead atoms. The zero-order valence-corrected chi connectivity index (χ0v) is 11.4. The fourth-order valence-electron chi connectivity index (χ4n) is 2.34. The maximum absolute atomic E-state index is 12.1. The highest BCUT2D eigenvalue weighted by Gasteiger charge is 2.41. The molecular weight excluding hydrogens is 250 g/mol. The number of carbonyl (C=O) groups excluding carboxylic acids is 1. The third-order valence-corrected chi connectivity index (χ3v) is 5.09. The highest BCUT2D eigenvalue weighted by atomic mass is 32.2. The molecule has 2 fully saturated rings. The van der Waals surface area contributed by atoms with Crippen molar-refractivity contribution >= 4 is 15.7 Å². The second-order valence-corrected chi connectivity index (χ2v) is 7.15. The van der Waals surface area contributed by atoms with E-state index in [2.05, 4.69) is 0 Å². The smallest absolute Gasteiger partial charge is 0.247 e. The maximum atomic E-state index is 12.1. The Balaban J connectivity index is 2.07. The second-order valence-electron chi connectivity index (χ2n) is 4.92. The quantitative estimate of drug-likeness (QED) is 0.571. The van der Waals surface area contributed by atoms with Gasteiger partial charge in [0.2, 0.25) is 5.91 Å². The van der Waals surface area contributed by atoms with E-state index in [1.807, 2.05) is 13.0 Å². The summed E-state index contributed by atoms with van der Waals surface area (Å²) in [5, 5.41) is 0. The lowest BCUT2D eigenvalue weighted by atomic mass is 10.2. The lowest BCUT2D eigenvalue weighted by Gasteiger charge is -2.27. The van der Waals surface area contributed by atoms with Gasteiger partial charge in [-0.15, -0.1) is 0 Å². The first-order chi connectivity index (χ1) is 8.53. The highest BCUT2D eigenvalue weighted by molar-refractivity contribution is 7.91. The first-order valence-electron chi connectivity index (χ1n) is 6.35. The van der Waals surface area contributed by atoms with Gasteiger partial charge >= 0.3 is 0 Å². The number of rotatable bonds is 4. The van der Waals surface area contributed by atoms with Crippen LogP contribution in [0.2, 0.25) is 0 Å². The van der Waals surface area contributed by atoms with Gasteiger partial charge in [0.25, 0.3) is 0 Å². The van der Waals surface area contributed by atoms with Gasteiger partial charge < -0.3 is 4.90 Å². The summed E-state index contributed by atoms with van der Waals surface area (Å²) in [7, 11) is -2.94. The molecule has 2 rings (SSSR count). The summed E-state index contributed by atoms with van der Waals surface area (Å²) < 4.78 is 23.0. The van der Waals surface area contributed by atoms with E-state index in [1.54, 1.807) is 17.1 Å². The van der Waals surface area contributed by atoms with E-state index >= 15 is 0 Å². The molecule has 4 nitrogen and oxygen atoms in total. The molecule has 0 spiro atoms. The van der Waals surface area contributed by atoms with Gasteiger partial charge in [0.1, 0.15) is 0 Å². The summed E-state index contributed by atoms with van der Waals surface area (Å²) in [4.78, 5) is 13.9. The molecule has 0 aromatic rings. The lowest BCUT2D eigenvalue weighted by Crippen LogP contribution is -2.41. The van der Waals surface area contributed by atoms with E-state index in [9.17, 15) is 13.2 Å². The summed E-state index contributed by atoms with van der Waals surface area (Å²) in [6.45, 7) is 1.89. The molecule has 0 aromatic carbocycles. The molecule has 0 aromatic heterocycles. The predicted octanol–water partition coefficient (Wildman–Crippen LogP) is 1.30. The minimum Gasteiger partial charge on any atom is -0.332 e. The van der Waals surface area contributed by atoms with Crippen LogP contribution in [0.5, 0.6) is 0 Å². The monoisotopic (exact) mass is 269 g/mol. The summed E-state index contributed by atoms with van der Waals surface area (Å²) in [5.41, 5.74) is 0. The molecule has 1 atom stereocenters. The van der Waals surface area contributed by atoms with Crippen molar-refractivity contribution in [1.82, 2.24) is 4.90 Å². The molecule has 2 aliphatic rings. The minimum atomic E-state index is -2.94. The van der Waals surface area contributed by atoms with Crippen molar-refractivity contribution in [3.63, 3.8) is 0 Å². The molecule has 1 aliphatic heterocycles.